The zero-order chi connectivity index (χ0) is 25.4. The van der Waals surface area contributed by atoms with E-state index < -0.39 is 41.1 Å². The second-order valence-corrected chi connectivity index (χ2v) is 10.3. The fraction of sp³-hybridized carbons (Fsp3) is 0.808. The fourth-order valence-electron chi connectivity index (χ4n) is 6.55. The van der Waals surface area contributed by atoms with Gasteiger partial charge in [-0.2, -0.15) is 0 Å². The lowest BCUT2D eigenvalue weighted by molar-refractivity contribution is -0.164. The van der Waals surface area contributed by atoms with Gasteiger partial charge in [0.05, 0.1) is 30.8 Å². The molecule has 0 aromatic carbocycles. The Labute approximate surface area is 203 Å². The fourth-order valence-corrected chi connectivity index (χ4v) is 6.55. The van der Waals surface area contributed by atoms with Crippen LogP contribution in [0.25, 0.3) is 0 Å². The van der Waals surface area contributed by atoms with E-state index in [1.54, 1.807) is 22.8 Å². The zero-order valence-electron chi connectivity index (χ0n) is 21.6. The number of fused-ring (bicyclic) bond motifs is 1. The molecule has 2 amide bonds. The number of rotatable bonds is 11. The average molecular weight is 479 g/mol. The normalized spacial score (nSPS) is 33.7. The van der Waals surface area contributed by atoms with Gasteiger partial charge in [0.25, 0.3) is 0 Å². The van der Waals surface area contributed by atoms with Gasteiger partial charge in [-0.25, -0.2) is 0 Å². The van der Waals surface area contributed by atoms with Crippen LogP contribution in [0.4, 0.5) is 0 Å². The van der Waals surface area contributed by atoms with Gasteiger partial charge in [-0.15, -0.1) is 6.58 Å². The summed E-state index contributed by atoms with van der Waals surface area (Å²) < 4.78 is 12.2. The van der Waals surface area contributed by atoms with Crippen LogP contribution in [0.5, 0.6) is 0 Å². The summed E-state index contributed by atoms with van der Waals surface area (Å²) in [6.45, 7) is 15.6. The van der Waals surface area contributed by atoms with Crippen molar-refractivity contribution in [2.75, 3.05) is 19.8 Å². The first kappa shape index (κ1) is 26.7. The van der Waals surface area contributed by atoms with Gasteiger partial charge < -0.3 is 24.4 Å². The summed E-state index contributed by atoms with van der Waals surface area (Å²) in [5.41, 5.74) is -1.93. The van der Waals surface area contributed by atoms with Crippen molar-refractivity contribution in [1.82, 2.24) is 9.80 Å². The first-order valence-electron chi connectivity index (χ1n) is 12.8. The van der Waals surface area contributed by atoms with Gasteiger partial charge in [0.1, 0.15) is 17.6 Å². The Balaban J connectivity index is 2.19. The van der Waals surface area contributed by atoms with Gasteiger partial charge in [0.2, 0.25) is 11.8 Å². The monoisotopic (exact) mass is 478 g/mol. The van der Waals surface area contributed by atoms with Crippen molar-refractivity contribution in [2.24, 2.45) is 17.8 Å². The van der Waals surface area contributed by atoms with Crippen LogP contribution in [0.1, 0.15) is 67.2 Å². The topological polar surface area (TPSA) is 96.4 Å². The largest absolute Gasteiger partial charge is 0.466 e. The zero-order valence-corrected chi connectivity index (χ0v) is 21.6. The molecule has 8 nitrogen and oxygen atoms in total. The average Bonchev–Trinajstić information content (AvgIpc) is 3.41. The molecule has 3 fully saturated rings. The number of hydrogen-bond donors (Lipinski definition) is 1. The number of hydrogen-bond acceptors (Lipinski definition) is 6. The first-order chi connectivity index (χ1) is 16.1. The predicted molar refractivity (Wildman–Crippen MR) is 128 cm³/mol. The number of amides is 2. The van der Waals surface area contributed by atoms with Gasteiger partial charge in [-0.1, -0.05) is 33.3 Å². The molecule has 2 bridgehead atoms. The van der Waals surface area contributed by atoms with Crippen molar-refractivity contribution in [3.05, 3.63) is 12.7 Å². The van der Waals surface area contributed by atoms with E-state index in [9.17, 15) is 19.5 Å². The molecule has 3 aliphatic rings. The highest BCUT2D eigenvalue weighted by Gasteiger charge is 2.79. The first-order valence-corrected chi connectivity index (χ1v) is 12.8. The standard InChI is InChI=1S/C26H42N2O6/c1-8-14-27(16(5)6)23(31)21-26-13-12-25(10-3,34-26)20(24(32)33-11-4)19(26)22(30)28(21)18(15-29)17(7)9-2/h8,16-21,29H,1,9-15H2,2-7H3/t17-,18-,19-,20-,21?,25+,26?/m0/s1. The van der Waals surface area contributed by atoms with Crippen molar-refractivity contribution in [1.29, 1.82) is 0 Å². The third-order valence-electron chi connectivity index (χ3n) is 8.47. The van der Waals surface area contributed by atoms with Crippen molar-refractivity contribution in [3.63, 3.8) is 0 Å². The number of ether oxygens (including phenoxy) is 2. The summed E-state index contributed by atoms with van der Waals surface area (Å²) in [5.74, 6) is -2.54. The SMILES string of the molecule is C=CCN(C(=O)C1N([C@@H](CO)[C@@H](C)CC)C(=O)[C@@H]2[C@@H](C(=O)OCC)[C@@]3(CC)CCC12O3)C(C)C. The van der Waals surface area contributed by atoms with E-state index in [-0.39, 0.29) is 37.0 Å². The summed E-state index contributed by atoms with van der Waals surface area (Å²) in [5, 5.41) is 10.4. The van der Waals surface area contributed by atoms with Crippen LogP contribution >= 0.6 is 0 Å². The number of likely N-dealkylation sites (tertiary alicyclic amines) is 1. The Morgan fingerprint density at radius 1 is 1.29 bits per heavy atom. The minimum absolute atomic E-state index is 0.0373. The van der Waals surface area contributed by atoms with Gasteiger partial charge in [0.15, 0.2) is 0 Å². The maximum absolute atomic E-state index is 14.2. The molecule has 8 heteroatoms. The van der Waals surface area contributed by atoms with Crippen molar-refractivity contribution in [3.8, 4) is 0 Å². The highest BCUT2D eigenvalue weighted by molar-refractivity contribution is 5.99. The molecule has 1 N–H and O–H groups in total. The molecule has 0 aromatic heterocycles. The van der Waals surface area contributed by atoms with E-state index in [0.29, 0.717) is 25.8 Å². The highest BCUT2D eigenvalue weighted by Crippen LogP contribution is 2.65. The van der Waals surface area contributed by atoms with E-state index in [2.05, 4.69) is 6.58 Å². The molecule has 3 aliphatic heterocycles. The van der Waals surface area contributed by atoms with E-state index in [1.165, 1.54) is 0 Å². The summed E-state index contributed by atoms with van der Waals surface area (Å²) >= 11 is 0. The molecule has 0 saturated carbocycles. The van der Waals surface area contributed by atoms with Crippen LogP contribution in [-0.2, 0) is 23.9 Å². The summed E-state index contributed by atoms with van der Waals surface area (Å²) in [6.07, 6.45) is 4.06. The second-order valence-electron chi connectivity index (χ2n) is 10.3. The number of aliphatic hydroxyl groups is 1. The third-order valence-corrected chi connectivity index (χ3v) is 8.47. The van der Waals surface area contributed by atoms with Gasteiger partial charge >= 0.3 is 5.97 Å². The lowest BCUT2D eigenvalue weighted by Crippen LogP contribution is -2.60. The van der Waals surface area contributed by atoms with Crippen LogP contribution in [0.15, 0.2) is 12.7 Å². The summed E-state index contributed by atoms with van der Waals surface area (Å²) in [6, 6.07) is -1.58. The molecule has 0 radical (unpaired) electrons. The van der Waals surface area contributed by atoms with Crippen LogP contribution < -0.4 is 0 Å². The Hall–Kier alpha value is -1.93. The van der Waals surface area contributed by atoms with Crippen molar-refractivity contribution < 1.29 is 29.0 Å². The molecule has 2 unspecified atom stereocenters. The molecular formula is C26H42N2O6. The van der Waals surface area contributed by atoms with Gasteiger partial charge in [-0.3, -0.25) is 14.4 Å². The molecule has 1 spiro atoms. The maximum Gasteiger partial charge on any atom is 0.312 e. The van der Waals surface area contributed by atoms with E-state index >= 15 is 0 Å². The molecule has 3 heterocycles. The Bertz CT molecular complexity index is 815. The molecule has 0 aliphatic carbocycles. The summed E-state index contributed by atoms with van der Waals surface area (Å²) in [7, 11) is 0. The van der Waals surface area contributed by atoms with Crippen LogP contribution in [0, 0.1) is 17.8 Å². The van der Waals surface area contributed by atoms with Crippen LogP contribution in [0.3, 0.4) is 0 Å². The Morgan fingerprint density at radius 3 is 2.47 bits per heavy atom. The molecule has 34 heavy (non-hydrogen) atoms. The van der Waals surface area contributed by atoms with Crippen LogP contribution in [0.2, 0.25) is 0 Å². The Morgan fingerprint density at radius 2 is 1.97 bits per heavy atom. The number of aliphatic hydroxyl groups excluding tert-OH is 1. The number of esters is 1. The maximum atomic E-state index is 14.2. The smallest absolute Gasteiger partial charge is 0.312 e. The number of nitrogens with zero attached hydrogens (tertiary/aromatic N) is 2. The van der Waals surface area contributed by atoms with E-state index in [1.807, 2.05) is 34.6 Å². The second kappa shape index (κ2) is 9.97. The molecule has 3 saturated heterocycles. The summed E-state index contributed by atoms with van der Waals surface area (Å²) in [4.78, 5) is 44.8. The Kier molecular flexibility index (Phi) is 7.82. The lowest BCUT2D eigenvalue weighted by Gasteiger charge is -2.42. The predicted octanol–water partition coefficient (Wildman–Crippen LogP) is 2.53. The number of carbonyl (C=O) groups excluding carboxylic acids is 3. The van der Waals surface area contributed by atoms with Gasteiger partial charge in [0, 0.05) is 12.6 Å². The van der Waals surface area contributed by atoms with Gasteiger partial charge in [-0.05, 0) is 46.0 Å². The quantitative estimate of drug-likeness (QED) is 0.362. The number of carbonyl (C=O) groups is 3. The minimum atomic E-state index is -1.11. The van der Waals surface area contributed by atoms with Crippen molar-refractivity contribution >= 4 is 17.8 Å². The molecule has 3 rings (SSSR count). The molecule has 192 valence electrons. The molecule has 7 atom stereocenters. The van der Waals surface area contributed by atoms with E-state index in [4.69, 9.17) is 9.47 Å². The highest BCUT2D eigenvalue weighted by atomic mass is 16.6. The lowest BCUT2D eigenvalue weighted by atomic mass is 9.65. The van der Waals surface area contributed by atoms with E-state index in [0.717, 1.165) is 6.42 Å². The van der Waals surface area contributed by atoms with Crippen molar-refractivity contribution in [2.45, 2.75) is 96.6 Å². The molecule has 0 aromatic rings. The minimum Gasteiger partial charge on any atom is -0.466 e. The molecular weight excluding hydrogens is 436 g/mol. The van der Waals surface area contributed by atoms with Crippen LogP contribution in [-0.4, -0.2) is 81.8 Å². The third kappa shape index (κ3) is 3.77.